The number of hydrogen-bond acceptors (Lipinski definition) is 3. The number of carboxylic acid groups (broad SMARTS) is 1. The lowest BCUT2D eigenvalue weighted by Gasteiger charge is -2.39. The monoisotopic (exact) mass is 456 g/mol. The molecule has 5 heteroatoms. The number of rotatable bonds is 8. The molecule has 4 rings (SSSR count). The van der Waals surface area contributed by atoms with Crippen LogP contribution in [0.1, 0.15) is 65.7 Å². The zero-order valence-corrected chi connectivity index (χ0v) is 19.6. The number of amides is 1. The van der Waals surface area contributed by atoms with Crippen molar-refractivity contribution in [2.45, 2.75) is 51.1 Å². The summed E-state index contributed by atoms with van der Waals surface area (Å²) in [5.41, 5.74) is 4.32. The predicted octanol–water partition coefficient (Wildman–Crippen LogP) is 5.60. The Morgan fingerprint density at radius 1 is 0.971 bits per heavy atom. The molecule has 3 aromatic carbocycles. The molecule has 176 valence electrons. The third-order valence-electron chi connectivity index (χ3n) is 6.66. The summed E-state index contributed by atoms with van der Waals surface area (Å²) in [7, 11) is 0. The summed E-state index contributed by atoms with van der Waals surface area (Å²) in [6.07, 6.45) is 4.92. The number of hydrogen-bond donors (Lipinski definition) is 2. The highest BCUT2D eigenvalue weighted by atomic mass is 16.4. The second kappa shape index (κ2) is 11.0. The first-order chi connectivity index (χ1) is 16.6. The maximum absolute atomic E-state index is 13.2. The smallest absolute Gasteiger partial charge is 0.335 e. The van der Waals surface area contributed by atoms with Crippen molar-refractivity contribution in [1.82, 2.24) is 5.32 Å². The molecular formula is C29H32N2O3. The van der Waals surface area contributed by atoms with Crippen molar-refractivity contribution in [1.29, 1.82) is 0 Å². The van der Waals surface area contributed by atoms with E-state index in [4.69, 9.17) is 5.11 Å². The Hall–Kier alpha value is -3.60. The van der Waals surface area contributed by atoms with Crippen LogP contribution in [0.15, 0.2) is 78.9 Å². The van der Waals surface area contributed by atoms with Crippen LogP contribution in [-0.4, -0.2) is 29.6 Å². The second-order valence-electron chi connectivity index (χ2n) is 8.90. The fourth-order valence-electron chi connectivity index (χ4n) is 4.88. The minimum atomic E-state index is -0.972. The van der Waals surface area contributed by atoms with Crippen LogP contribution >= 0.6 is 0 Å². The summed E-state index contributed by atoms with van der Waals surface area (Å²) in [6, 6.07) is 25.2. The van der Waals surface area contributed by atoms with Crippen LogP contribution in [0.5, 0.6) is 0 Å². The predicted molar refractivity (Wildman–Crippen MR) is 135 cm³/mol. The number of benzene rings is 3. The second-order valence-corrected chi connectivity index (χ2v) is 8.90. The van der Waals surface area contributed by atoms with Crippen molar-refractivity contribution < 1.29 is 14.7 Å². The molecule has 1 saturated heterocycles. The van der Waals surface area contributed by atoms with E-state index in [0.717, 1.165) is 29.7 Å². The topological polar surface area (TPSA) is 69.6 Å². The van der Waals surface area contributed by atoms with Gasteiger partial charge in [-0.25, -0.2) is 4.79 Å². The van der Waals surface area contributed by atoms with E-state index in [-0.39, 0.29) is 23.9 Å². The highest BCUT2D eigenvalue weighted by Crippen LogP contribution is 2.35. The lowest BCUT2D eigenvalue weighted by atomic mass is 9.93. The average Bonchev–Trinajstić information content (AvgIpc) is 2.88. The van der Waals surface area contributed by atoms with E-state index >= 15 is 0 Å². The van der Waals surface area contributed by atoms with Crippen LogP contribution in [-0.2, 0) is 11.2 Å². The minimum Gasteiger partial charge on any atom is -0.478 e. The van der Waals surface area contributed by atoms with Gasteiger partial charge < -0.3 is 15.3 Å². The van der Waals surface area contributed by atoms with Crippen LogP contribution in [0.4, 0.5) is 5.69 Å². The molecule has 3 aromatic rings. The van der Waals surface area contributed by atoms with Gasteiger partial charge in [0.25, 0.3) is 0 Å². The van der Waals surface area contributed by atoms with E-state index in [2.05, 4.69) is 47.5 Å². The molecule has 2 N–H and O–H groups in total. The molecular weight excluding hydrogens is 424 g/mol. The molecule has 0 aliphatic carbocycles. The highest BCUT2D eigenvalue weighted by molar-refractivity contribution is 5.88. The Morgan fingerprint density at radius 2 is 1.68 bits per heavy atom. The van der Waals surface area contributed by atoms with Crippen molar-refractivity contribution in [3.8, 4) is 0 Å². The van der Waals surface area contributed by atoms with Crippen molar-refractivity contribution >= 4 is 17.6 Å². The molecule has 1 aliphatic rings. The summed E-state index contributed by atoms with van der Waals surface area (Å²) >= 11 is 0. The highest BCUT2D eigenvalue weighted by Gasteiger charge is 2.27. The van der Waals surface area contributed by atoms with E-state index in [0.29, 0.717) is 6.04 Å². The first-order valence-electron chi connectivity index (χ1n) is 12.1. The van der Waals surface area contributed by atoms with Crippen molar-refractivity contribution in [2.24, 2.45) is 0 Å². The van der Waals surface area contributed by atoms with Gasteiger partial charge in [-0.2, -0.15) is 0 Å². The van der Waals surface area contributed by atoms with Gasteiger partial charge in [-0.05, 0) is 55.0 Å². The van der Waals surface area contributed by atoms with E-state index < -0.39 is 5.97 Å². The Bertz CT molecular complexity index is 1110. The zero-order valence-electron chi connectivity index (χ0n) is 19.6. The van der Waals surface area contributed by atoms with E-state index in [1.165, 1.54) is 37.1 Å². The Balaban J connectivity index is 1.63. The number of carbonyl (C=O) groups excluding carboxylic acids is 1. The molecule has 2 atom stereocenters. The number of nitrogens with zero attached hydrogens (tertiary/aromatic N) is 1. The molecule has 0 aromatic heterocycles. The van der Waals surface area contributed by atoms with Crippen molar-refractivity contribution in [3.63, 3.8) is 0 Å². The van der Waals surface area contributed by atoms with Crippen LogP contribution in [0.2, 0.25) is 0 Å². The molecule has 34 heavy (non-hydrogen) atoms. The number of piperidine rings is 1. The normalized spacial score (nSPS) is 16.6. The number of anilines is 1. The standard InChI is InChI=1S/C29H32N2O3/c1-2-24-12-8-9-19-31(24)26-14-7-6-13-25(26)28(22-10-4-3-5-11-22)30-27(32)20-21-15-17-23(18-16-21)29(33)34/h3-7,10-11,13-18,24,28H,2,8-9,12,19-20H2,1H3,(H,30,32)(H,33,34). The molecule has 2 unspecified atom stereocenters. The fourth-order valence-corrected chi connectivity index (χ4v) is 4.88. The van der Waals surface area contributed by atoms with Gasteiger partial charge in [0, 0.05) is 23.8 Å². The number of aromatic carboxylic acids is 1. The van der Waals surface area contributed by atoms with Crippen LogP contribution in [0.3, 0.4) is 0 Å². The first kappa shape index (κ1) is 23.6. The minimum absolute atomic E-state index is 0.0996. The summed E-state index contributed by atoms with van der Waals surface area (Å²) < 4.78 is 0. The van der Waals surface area contributed by atoms with Gasteiger partial charge in [-0.1, -0.05) is 67.6 Å². The number of para-hydroxylation sites is 1. The van der Waals surface area contributed by atoms with E-state index in [9.17, 15) is 9.59 Å². The number of carbonyl (C=O) groups is 2. The SMILES string of the molecule is CCC1CCCCN1c1ccccc1C(NC(=O)Cc1ccc(C(=O)O)cc1)c1ccccc1. The van der Waals surface area contributed by atoms with Crippen molar-refractivity contribution in [2.75, 3.05) is 11.4 Å². The Morgan fingerprint density at radius 3 is 2.38 bits per heavy atom. The number of carboxylic acids is 1. The maximum Gasteiger partial charge on any atom is 0.335 e. The molecule has 0 radical (unpaired) electrons. The van der Waals surface area contributed by atoms with Gasteiger partial charge in [0.05, 0.1) is 18.0 Å². The van der Waals surface area contributed by atoms with Gasteiger partial charge in [0.2, 0.25) is 5.91 Å². The maximum atomic E-state index is 13.2. The summed E-state index contributed by atoms with van der Waals surface area (Å²) in [4.78, 5) is 26.8. The third kappa shape index (κ3) is 5.48. The molecule has 0 saturated carbocycles. The van der Waals surface area contributed by atoms with Gasteiger partial charge in [0.15, 0.2) is 0 Å². The zero-order chi connectivity index (χ0) is 23.9. The third-order valence-corrected chi connectivity index (χ3v) is 6.66. The largest absolute Gasteiger partial charge is 0.478 e. The van der Waals surface area contributed by atoms with E-state index in [1.807, 2.05) is 24.3 Å². The quantitative estimate of drug-likeness (QED) is 0.463. The average molecular weight is 457 g/mol. The Kier molecular flexibility index (Phi) is 7.63. The summed E-state index contributed by atoms with van der Waals surface area (Å²) in [5.74, 6) is -1.07. The van der Waals surface area contributed by atoms with Crippen LogP contribution in [0.25, 0.3) is 0 Å². The fraction of sp³-hybridized carbons (Fsp3) is 0.310. The molecule has 1 heterocycles. The first-order valence-corrected chi connectivity index (χ1v) is 12.1. The summed E-state index contributed by atoms with van der Waals surface area (Å²) in [5, 5.41) is 12.4. The summed E-state index contributed by atoms with van der Waals surface area (Å²) in [6.45, 7) is 3.28. The Labute approximate surface area is 201 Å². The molecule has 1 aliphatic heterocycles. The van der Waals surface area contributed by atoms with Crippen LogP contribution < -0.4 is 10.2 Å². The van der Waals surface area contributed by atoms with Gasteiger partial charge in [0.1, 0.15) is 0 Å². The van der Waals surface area contributed by atoms with Gasteiger partial charge in [-0.3, -0.25) is 4.79 Å². The van der Waals surface area contributed by atoms with Crippen molar-refractivity contribution in [3.05, 3.63) is 101 Å². The lowest BCUT2D eigenvalue weighted by molar-refractivity contribution is -0.120. The molecule has 1 fully saturated rings. The van der Waals surface area contributed by atoms with E-state index in [1.54, 1.807) is 12.1 Å². The van der Waals surface area contributed by atoms with Crippen LogP contribution in [0, 0.1) is 0 Å². The lowest BCUT2D eigenvalue weighted by Crippen LogP contribution is -2.40. The molecule has 0 bridgehead atoms. The molecule has 0 spiro atoms. The number of nitrogens with one attached hydrogen (secondary N) is 1. The molecule has 1 amide bonds. The van der Waals surface area contributed by atoms with Gasteiger partial charge >= 0.3 is 5.97 Å². The molecule has 5 nitrogen and oxygen atoms in total. The van der Waals surface area contributed by atoms with Gasteiger partial charge in [-0.15, -0.1) is 0 Å².